The summed E-state index contributed by atoms with van der Waals surface area (Å²) in [5.74, 6) is -0.986. The van der Waals surface area contributed by atoms with Crippen LogP contribution in [0.15, 0.2) is 23.8 Å². The van der Waals surface area contributed by atoms with Crippen LogP contribution in [0.3, 0.4) is 0 Å². The molecule has 0 aromatic heterocycles. The molecule has 0 aromatic carbocycles. The molecule has 5 nitrogen and oxygen atoms in total. The van der Waals surface area contributed by atoms with Gasteiger partial charge in [0.25, 0.3) is 0 Å². The quantitative estimate of drug-likeness (QED) is 0.643. The van der Waals surface area contributed by atoms with Gasteiger partial charge < -0.3 is 10.4 Å². The summed E-state index contributed by atoms with van der Waals surface area (Å²) < 4.78 is 21.2. The Balaban J connectivity index is 2.92. The van der Waals surface area contributed by atoms with Gasteiger partial charge in [-0.25, -0.2) is 0 Å². The highest BCUT2D eigenvalue weighted by atomic mass is 32.2. The van der Waals surface area contributed by atoms with Crippen LogP contribution in [0.2, 0.25) is 0 Å². The van der Waals surface area contributed by atoms with Crippen molar-refractivity contribution in [2.75, 3.05) is 7.05 Å². The first-order valence-electron chi connectivity index (χ1n) is 4.29. The van der Waals surface area contributed by atoms with Gasteiger partial charge >= 0.3 is 5.97 Å². The first-order valence-corrected chi connectivity index (χ1v) is 5.37. The van der Waals surface area contributed by atoms with Crippen molar-refractivity contribution in [3.05, 3.63) is 23.8 Å². The number of hydrogen-bond acceptors (Lipinski definition) is 4. The fourth-order valence-corrected chi connectivity index (χ4v) is 1.71. The molecule has 1 aliphatic carbocycles. The molecule has 0 amide bonds. The molecule has 15 heavy (non-hydrogen) atoms. The lowest BCUT2D eigenvalue weighted by Crippen LogP contribution is -2.35. The molecule has 6 heteroatoms. The van der Waals surface area contributed by atoms with Gasteiger partial charge in [-0.05, 0) is 18.7 Å². The number of hydrogen-bond donors (Lipinski definition) is 2. The zero-order chi connectivity index (χ0) is 11.4. The summed E-state index contributed by atoms with van der Waals surface area (Å²) in [5.41, 5.74) is 0.569. The zero-order valence-electron chi connectivity index (χ0n) is 8.10. The number of allylic oxidation sites excluding steroid dienone is 2. The Bertz CT molecular complexity index is 451. The number of nitrogens with one attached hydrogen (secondary N) is 1. The Morgan fingerprint density at radius 1 is 1.53 bits per heavy atom. The van der Waals surface area contributed by atoms with Crippen molar-refractivity contribution in [1.82, 2.24) is 5.32 Å². The number of carboxylic acids is 1. The van der Waals surface area contributed by atoms with Gasteiger partial charge in [-0.3, -0.25) is 4.79 Å². The normalized spacial score (nSPS) is 17.1. The Morgan fingerprint density at radius 2 is 2.20 bits per heavy atom. The maximum absolute atomic E-state index is 10.8. The van der Waals surface area contributed by atoms with Crippen LogP contribution in [-0.4, -0.2) is 37.4 Å². The Kier molecular flexibility index (Phi) is 3.81. The van der Waals surface area contributed by atoms with Crippen LogP contribution < -0.4 is 5.32 Å². The molecule has 0 bridgehead atoms. The largest absolute Gasteiger partial charge is 0.480 e. The number of likely N-dealkylation sites (N-methyl/N-ethyl adjacent to an activating group) is 1. The second-order valence-corrected chi connectivity index (χ2v) is 4.00. The molecule has 0 radical (unpaired) electrons. The van der Waals surface area contributed by atoms with E-state index in [1.165, 1.54) is 12.2 Å². The lowest BCUT2D eigenvalue weighted by Gasteiger charge is -2.14. The van der Waals surface area contributed by atoms with E-state index in [4.69, 9.17) is 5.11 Å². The van der Waals surface area contributed by atoms with Gasteiger partial charge in [0.05, 0.1) is 4.86 Å². The summed E-state index contributed by atoms with van der Waals surface area (Å²) in [6, 6.07) is -0.789. The van der Waals surface area contributed by atoms with Crippen molar-refractivity contribution < 1.29 is 18.3 Å². The van der Waals surface area contributed by atoms with Crippen LogP contribution in [0, 0.1) is 0 Å². The zero-order valence-corrected chi connectivity index (χ0v) is 8.91. The highest BCUT2D eigenvalue weighted by Crippen LogP contribution is 2.12. The lowest BCUT2D eigenvalue weighted by atomic mass is 10.0. The van der Waals surface area contributed by atoms with E-state index in [1.54, 1.807) is 13.1 Å². The smallest absolute Gasteiger partial charge is 0.325 e. The van der Waals surface area contributed by atoms with Gasteiger partial charge in [0, 0.05) is 6.42 Å². The number of aliphatic carboxylic acids is 1. The highest BCUT2D eigenvalue weighted by Gasteiger charge is 2.19. The monoisotopic (exact) mass is 229 g/mol. The van der Waals surface area contributed by atoms with Crippen molar-refractivity contribution in [2.24, 2.45) is 0 Å². The lowest BCUT2D eigenvalue weighted by molar-refractivity contribution is -0.138. The number of carbonyl (C=O) groups is 1. The molecule has 0 aromatic rings. The van der Waals surface area contributed by atoms with E-state index >= 15 is 0 Å². The standard InChI is InChI=1S/C9H11NO4S/c1-10-8(9(11)12)6-2-4-7(5-3-6)15(13)14/h2-4,8,10H,5H2,1H3,(H,11,12). The van der Waals surface area contributed by atoms with Gasteiger partial charge in [-0.15, -0.1) is 0 Å². The minimum atomic E-state index is -2.23. The second-order valence-electron chi connectivity index (χ2n) is 3.00. The highest BCUT2D eigenvalue weighted by molar-refractivity contribution is 7.73. The topological polar surface area (TPSA) is 83.5 Å². The van der Waals surface area contributed by atoms with E-state index in [2.05, 4.69) is 5.32 Å². The third kappa shape index (κ3) is 2.77. The first kappa shape index (κ1) is 11.7. The molecule has 1 aliphatic rings. The van der Waals surface area contributed by atoms with Crippen LogP contribution in [0.5, 0.6) is 0 Å². The number of rotatable bonds is 3. The van der Waals surface area contributed by atoms with Crippen molar-refractivity contribution >= 4 is 21.1 Å². The maximum Gasteiger partial charge on any atom is 0.325 e. The second kappa shape index (κ2) is 4.90. The molecule has 0 spiro atoms. The average Bonchev–Trinajstić information content (AvgIpc) is 2.19. The van der Waals surface area contributed by atoms with Gasteiger partial charge in [0.1, 0.15) is 6.04 Å². The van der Waals surface area contributed by atoms with Gasteiger partial charge in [-0.2, -0.15) is 8.42 Å². The maximum atomic E-state index is 10.8. The summed E-state index contributed by atoms with van der Waals surface area (Å²) in [7, 11) is -0.685. The van der Waals surface area contributed by atoms with Crippen LogP contribution in [0.1, 0.15) is 6.42 Å². The molecule has 0 saturated carbocycles. The molecule has 1 atom stereocenters. The van der Waals surface area contributed by atoms with Crippen LogP contribution in [0.25, 0.3) is 0 Å². The molecule has 1 rings (SSSR count). The van der Waals surface area contributed by atoms with E-state index in [1.807, 2.05) is 0 Å². The van der Waals surface area contributed by atoms with E-state index in [-0.39, 0.29) is 11.3 Å². The molecule has 2 N–H and O–H groups in total. The van der Waals surface area contributed by atoms with Gasteiger partial charge in [-0.1, -0.05) is 12.2 Å². The summed E-state index contributed by atoms with van der Waals surface area (Å²) in [4.78, 5) is 11.0. The Morgan fingerprint density at radius 3 is 2.53 bits per heavy atom. The van der Waals surface area contributed by atoms with Crippen LogP contribution in [0.4, 0.5) is 0 Å². The molecule has 0 aliphatic heterocycles. The molecule has 0 heterocycles. The summed E-state index contributed by atoms with van der Waals surface area (Å²) in [6.07, 6.45) is 4.77. The van der Waals surface area contributed by atoms with E-state index in [9.17, 15) is 13.2 Å². The Labute approximate surface area is 88.6 Å². The molecular formula is C9H11NO4S. The van der Waals surface area contributed by atoms with Crippen molar-refractivity contribution in [3.8, 4) is 0 Å². The Hall–Kier alpha value is -1.40. The third-order valence-electron chi connectivity index (χ3n) is 2.08. The van der Waals surface area contributed by atoms with Gasteiger partial charge in [0.15, 0.2) is 0 Å². The van der Waals surface area contributed by atoms with E-state index in [0.717, 1.165) is 0 Å². The fourth-order valence-electron chi connectivity index (χ4n) is 1.31. The predicted molar refractivity (Wildman–Crippen MR) is 56.3 cm³/mol. The van der Waals surface area contributed by atoms with Crippen molar-refractivity contribution in [3.63, 3.8) is 0 Å². The predicted octanol–water partition coefficient (Wildman–Crippen LogP) is -0.403. The van der Waals surface area contributed by atoms with Crippen molar-refractivity contribution in [2.45, 2.75) is 12.5 Å². The minimum absolute atomic E-state index is 0.243. The molecule has 1 unspecified atom stereocenters. The SMILES string of the molecule is CNC(C(=O)O)C1=CCC(=S(=O)=O)C=C1. The summed E-state index contributed by atoms with van der Waals surface area (Å²) in [5, 5.41) is 11.5. The van der Waals surface area contributed by atoms with Crippen LogP contribution in [-0.2, 0) is 15.1 Å². The van der Waals surface area contributed by atoms with Crippen LogP contribution >= 0.6 is 0 Å². The van der Waals surface area contributed by atoms with Crippen molar-refractivity contribution in [1.29, 1.82) is 0 Å². The fraction of sp³-hybridized carbons (Fsp3) is 0.333. The average molecular weight is 229 g/mol. The molecule has 0 saturated heterocycles. The summed E-state index contributed by atoms with van der Waals surface area (Å²) >= 11 is 0. The minimum Gasteiger partial charge on any atom is -0.480 e. The number of carboxylic acid groups (broad SMARTS) is 1. The molecule has 0 fully saturated rings. The first-order chi connectivity index (χ1) is 7.06. The van der Waals surface area contributed by atoms with E-state index < -0.39 is 22.3 Å². The van der Waals surface area contributed by atoms with E-state index in [0.29, 0.717) is 5.57 Å². The third-order valence-corrected chi connectivity index (χ3v) is 2.81. The van der Waals surface area contributed by atoms with Gasteiger partial charge in [0.2, 0.25) is 10.3 Å². The molecular weight excluding hydrogens is 218 g/mol. The summed E-state index contributed by atoms with van der Waals surface area (Å²) in [6.45, 7) is 0. The molecule has 82 valence electrons.